The fraction of sp³-hybridized carbons (Fsp3) is 0.429. The molecule has 1 aromatic carbocycles. The molecule has 0 atom stereocenters. The number of hydrogen-bond donors (Lipinski definition) is 0. The number of rotatable bonds is 0. The highest BCUT2D eigenvalue weighted by atomic mass is 79.9. The van der Waals surface area contributed by atoms with Crippen LogP contribution >= 0.6 is 15.9 Å². The Labute approximate surface area is 102 Å². The molecule has 2 rings (SSSR count). The minimum absolute atomic E-state index is 0.0549. The highest BCUT2D eigenvalue weighted by Gasteiger charge is 2.45. The van der Waals surface area contributed by atoms with Gasteiger partial charge < -0.3 is 0 Å². The molecule has 1 heteroatoms. The quantitative estimate of drug-likeness (QED) is 0.647. The van der Waals surface area contributed by atoms with Crippen molar-refractivity contribution in [2.24, 2.45) is 0 Å². The van der Waals surface area contributed by atoms with Gasteiger partial charge in [-0.25, -0.2) is 0 Å². The van der Waals surface area contributed by atoms with Crippen molar-refractivity contribution in [2.45, 2.75) is 38.5 Å². The van der Waals surface area contributed by atoms with Crippen molar-refractivity contribution in [3.8, 4) is 0 Å². The Morgan fingerprint density at radius 1 is 1.07 bits per heavy atom. The van der Waals surface area contributed by atoms with Crippen molar-refractivity contribution < 1.29 is 1.37 Å². The van der Waals surface area contributed by atoms with E-state index in [1.807, 2.05) is 0 Å². The Hall–Kier alpha value is -0.560. The predicted molar refractivity (Wildman–Crippen MR) is 69.5 cm³/mol. The summed E-state index contributed by atoms with van der Waals surface area (Å²) in [7, 11) is 0. The van der Waals surface area contributed by atoms with E-state index in [0.717, 1.165) is 0 Å². The highest BCUT2D eigenvalue weighted by Crippen LogP contribution is 2.53. The summed E-state index contributed by atoms with van der Waals surface area (Å²) >= 11 is 3.36. The van der Waals surface area contributed by atoms with Crippen LogP contribution in [0.15, 0.2) is 34.8 Å². The van der Waals surface area contributed by atoms with Gasteiger partial charge in [0.25, 0.3) is 0 Å². The van der Waals surface area contributed by atoms with E-state index >= 15 is 0 Å². The zero-order valence-corrected chi connectivity index (χ0v) is 11.3. The lowest BCUT2D eigenvalue weighted by molar-refractivity contribution is 0.552. The Morgan fingerprint density at radius 2 is 1.47 bits per heavy atom. The van der Waals surface area contributed by atoms with Gasteiger partial charge in [-0.05, 0) is 21.7 Å². The molecule has 0 unspecified atom stereocenters. The molecule has 80 valence electrons. The van der Waals surface area contributed by atoms with Crippen LogP contribution in [-0.2, 0) is 10.8 Å². The molecule has 0 nitrogen and oxygen atoms in total. The predicted octanol–water partition coefficient (Wildman–Crippen LogP) is 4.53. The molecular weight excluding hydrogens is 248 g/mol. The fourth-order valence-corrected chi connectivity index (χ4v) is 3.85. The first kappa shape index (κ1) is 9.65. The minimum Gasteiger partial charge on any atom is -0.0619 e. The fourth-order valence-electron chi connectivity index (χ4n) is 2.86. The summed E-state index contributed by atoms with van der Waals surface area (Å²) in [5.74, 6) is 0. The average Bonchev–Trinajstić information content (AvgIpc) is 2.31. The van der Waals surface area contributed by atoms with Gasteiger partial charge in [-0.1, -0.05) is 67.9 Å². The Balaban J connectivity index is 2.82. The second-order valence-electron chi connectivity index (χ2n) is 5.27. The Bertz CT molecular complexity index is 428. The van der Waals surface area contributed by atoms with Crippen molar-refractivity contribution in [1.29, 1.82) is 0 Å². The van der Waals surface area contributed by atoms with Crippen LogP contribution in [0.25, 0.3) is 0 Å². The standard InChI is InChI=1S/C14H17Br/c1-13(2)10-7-5-6-8-11(10)14(3,4)12(13)9-15/h5-9H,1-4H3/i9D. The Morgan fingerprint density at radius 3 is 1.80 bits per heavy atom. The number of fused-ring (bicyclic) bond motifs is 1. The SMILES string of the molecule is [2H]C(Br)=C1C(C)(C)c2ccccc2C1(C)C. The number of benzene rings is 1. The van der Waals surface area contributed by atoms with E-state index in [1.54, 1.807) is 0 Å². The van der Waals surface area contributed by atoms with E-state index < -0.39 is 0 Å². The molecule has 1 aliphatic carbocycles. The molecule has 0 saturated carbocycles. The lowest BCUT2D eigenvalue weighted by atomic mass is 9.77. The summed E-state index contributed by atoms with van der Waals surface area (Å²) in [5, 5.41) is 0. The molecule has 0 saturated heterocycles. The lowest BCUT2D eigenvalue weighted by Gasteiger charge is -2.27. The lowest BCUT2D eigenvalue weighted by Crippen LogP contribution is -2.22. The van der Waals surface area contributed by atoms with E-state index in [9.17, 15) is 0 Å². The van der Waals surface area contributed by atoms with Crippen LogP contribution in [-0.4, -0.2) is 0 Å². The number of allylic oxidation sites excluding steroid dienone is 1. The summed E-state index contributed by atoms with van der Waals surface area (Å²) < 4.78 is 7.96. The third kappa shape index (κ3) is 1.32. The van der Waals surface area contributed by atoms with Crippen LogP contribution in [0.4, 0.5) is 0 Å². The van der Waals surface area contributed by atoms with E-state index in [1.165, 1.54) is 16.7 Å². The monoisotopic (exact) mass is 265 g/mol. The van der Waals surface area contributed by atoms with Crippen LogP contribution in [0.1, 0.15) is 40.2 Å². The molecule has 0 aliphatic heterocycles. The smallest absolute Gasteiger partial charge is 0.0619 e. The normalized spacial score (nSPS) is 22.2. The number of hydrogen-bond acceptors (Lipinski definition) is 0. The third-order valence-corrected chi connectivity index (χ3v) is 4.01. The van der Waals surface area contributed by atoms with Crippen molar-refractivity contribution in [1.82, 2.24) is 0 Å². The first-order chi connectivity index (χ1) is 7.29. The second kappa shape index (κ2) is 3.21. The van der Waals surface area contributed by atoms with Crippen LogP contribution < -0.4 is 0 Å². The molecule has 0 fully saturated rings. The van der Waals surface area contributed by atoms with Gasteiger partial charge >= 0.3 is 0 Å². The first-order valence-corrected chi connectivity index (χ1v) is 6.06. The first-order valence-electron chi connectivity index (χ1n) is 5.77. The van der Waals surface area contributed by atoms with Gasteiger partial charge in [0.15, 0.2) is 0 Å². The molecule has 0 spiro atoms. The molecule has 0 amide bonds. The van der Waals surface area contributed by atoms with Crippen LogP contribution in [0.2, 0.25) is 0 Å². The van der Waals surface area contributed by atoms with Crippen molar-refractivity contribution >= 4 is 15.9 Å². The highest BCUT2D eigenvalue weighted by molar-refractivity contribution is 9.11. The summed E-state index contributed by atoms with van der Waals surface area (Å²) in [6.07, 6.45) is 0. The van der Waals surface area contributed by atoms with E-state index in [-0.39, 0.29) is 10.8 Å². The van der Waals surface area contributed by atoms with Crippen LogP contribution in [0.3, 0.4) is 0 Å². The zero-order valence-electron chi connectivity index (χ0n) is 10.7. The van der Waals surface area contributed by atoms with Gasteiger partial charge in [-0.15, -0.1) is 0 Å². The van der Waals surface area contributed by atoms with Crippen LogP contribution in [0, 0.1) is 0 Å². The van der Waals surface area contributed by atoms with Gasteiger partial charge in [-0.3, -0.25) is 0 Å². The molecular formula is C14H17Br. The zero-order chi connectivity index (χ0) is 12.1. The second-order valence-corrected chi connectivity index (χ2v) is 5.66. The molecule has 0 aromatic heterocycles. The molecule has 0 radical (unpaired) electrons. The molecule has 0 heterocycles. The largest absolute Gasteiger partial charge is 0.0703 e. The van der Waals surface area contributed by atoms with Gasteiger partial charge in [0.1, 0.15) is 0 Å². The minimum atomic E-state index is -0.0549. The average molecular weight is 266 g/mol. The van der Waals surface area contributed by atoms with Gasteiger partial charge in [-0.2, -0.15) is 0 Å². The third-order valence-electron chi connectivity index (χ3n) is 3.62. The van der Waals surface area contributed by atoms with E-state index in [2.05, 4.69) is 67.9 Å². The summed E-state index contributed by atoms with van der Waals surface area (Å²) in [4.78, 5) is 0.527. The maximum absolute atomic E-state index is 7.96. The van der Waals surface area contributed by atoms with Crippen molar-refractivity contribution in [3.63, 3.8) is 0 Å². The summed E-state index contributed by atoms with van der Waals surface area (Å²) in [6.45, 7) is 8.80. The van der Waals surface area contributed by atoms with Crippen LogP contribution in [0.5, 0.6) is 0 Å². The van der Waals surface area contributed by atoms with Crippen molar-refractivity contribution in [3.05, 3.63) is 45.9 Å². The summed E-state index contributed by atoms with van der Waals surface area (Å²) in [5.41, 5.74) is 3.75. The maximum atomic E-state index is 7.96. The van der Waals surface area contributed by atoms with E-state index in [0.29, 0.717) is 4.96 Å². The topological polar surface area (TPSA) is 0 Å². The Kier molecular flexibility index (Phi) is 2.07. The number of halogens is 1. The molecule has 1 aromatic rings. The van der Waals surface area contributed by atoms with Gasteiger partial charge in [0.2, 0.25) is 0 Å². The summed E-state index contributed by atoms with van der Waals surface area (Å²) in [6, 6.07) is 8.52. The molecule has 0 bridgehead atoms. The van der Waals surface area contributed by atoms with Crippen molar-refractivity contribution in [2.75, 3.05) is 0 Å². The van der Waals surface area contributed by atoms with Gasteiger partial charge in [0.05, 0.1) is 1.37 Å². The van der Waals surface area contributed by atoms with E-state index in [4.69, 9.17) is 1.37 Å². The molecule has 15 heavy (non-hydrogen) atoms. The molecule has 1 aliphatic rings. The maximum Gasteiger partial charge on any atom is 0.0703 e. The molecule has 0 N–H and O–H groups in total. The van der Waals surface area contributed by atoms with Gasteiger partial charge in [0, 0.05) is 10.8 Å².